The van der Waals surface area contributed by atoms with Gasteiger partial charge in [0.15, 0.2) is 17.7 Å². The minimum Gasteiger partial charge on any atom is -0.490 e. The van der Waals surface area contributed by atoms with Crippen molar-refractivity contribution in [2.24, 2.45) is 7.05 Å². The van der Waals surface area contributed by atoms with E-state index in [2.05, 4.69) is 5.32 Å². The highest BCUT2D eigenvalue weighted by Crippen LogP contribution is 2.45. The van der Waals surface area contributed by atoms with Crippen LogP contribution in [0.15, 0.2) is 54.6 Å². The first-order valence-electron chi connectivity index (χ1n) is 15.7. The summed E-state index contributed by atoms with van der Waals surface area (Å²) in [7, 11) is 3.19. The van der Waals surface area contributed by atoms with Gasteiger partial charge < -0.3 is 28.8 Å². The molecule has 0 amide bonds. The van der Waals surface area contributed by atoms with Gasteiger partial charge in [-0.25, -0.2) is 19.0 Å². The van der Waals surface area contributed by atoms with Crippen molar-refractivity contribution in [1.82, 2.24) is 9.55 Å². The molecule has 0 fully saturated rings. The number of hydrogen-bond donors (Lipinski definition) is 1. The van der Waals surface area contributed by atoms with Gasteiger partial charge in [-0.3, -0.25) is 0 Å². The molecule has 1 aliphatic heterocycles. The third-order valence-electron chi connectivity index (χ3n) is 8.14. The lowest BCUT2D eigenvalue weighted by atomic mass is 9.86. The summed E-state index contributed by atoms with van der Waals surface area (Å²) in [6, 6.07) is 12.9. The first-order valence-corrected chi connectivity index (χ1v) is 15.7. The molecule has 1 N–H and O–H groups in total. The summed E-state index contributed by atoms with van der Waals surface area (Å²) in [6.07, 6.45) is 3.40. The predicted molar refractivity (Wildman–Crippen MR) is 179 cm³/mol. The van der Waals surface area contributed by atoms with Gasteiger partial charge in [0.25, 0.3) is 0 Å². The van der Waals surface area contributed by atoms with Crippen LogP contribution in [-0.4, -0.2) is 47.4 Å². The molecule has 0 bridgehead atoms. The molecule has 248 valence electrons. The smallest absolute Gasteiger partial charge is 0.339 e. The average molecular weight is 644 g/mol. The van der Waals surface area contributed by atoms with E-state index >= 15 is 4.39 Å². The number of aromatic nitrogens is 2. The van der Waals surface area contributed by atoms with E-state index in [-0.39, 0.29) is 12.4 Å². The van der Waals surface area contributed by atoms with E-state index in [1.54, 1.807) is 6.08 Å². The van der Waals surface area contributed by atoms with Gasteiger partial charge in [-0.2, -0.15) is 0 Å². The second-order valence-electron chi connectivity index (χ2n) is 12.6. The first-order chi connectivity index (χ1) is 22.4. The minimum atomic E-state index is -1.12. The van der Waals surface area contributed by atoms with Crippen molar-refractivity contribution < 1.29 is 32.9 Å². The summed E-state index contributed by atoms with van der Waals surface area (Å²) in [5, 5.41) is 4.04. The lowest BCUT2D eigenvalue weighted by molar-refractivity contribution is -0.164. The number of methoxy groups -OCH3 is 1. The summed E-state index contributed by atoms with van der Waals surface area (Å²) in [4.78, 5) is 30.5. The number of hydrogen-bond acceptors (Lipinski definition) is 8. The van der Waals surface area contributed by atoms with Gasteiger partial charge >= 0.3 is 11.9 Å². The molecule has 5 rings (SSSR count). The molecular formula is C37H42FN3O6. The molecule has 0 aliphatic carbocycles. The predicted octanol–water partition coefficient (Wildman–Crippen LogP) is 7.06. The van der Waals surface area contributed by atoms with Gasteiger partial charge in [0, 0.05) is 47.4 Å². The van der Waals surface area contributed by atoms with Crippen LogP contribution in [0.1, 0.15) is 61.2 Å². The fourth-order valence-corrected chi connectivity index (χ4v) is 5.94. The van der Waals surface area contributed by atoms with E-state index in [1.165, 1.54) is 19.3 Å². The number of anilines is 1. The van der Waals surface area contributed by atoms with E-state index in [4.69, 9.17) is 23.9 Å². The number of nitrogens with zero attached hydrogens (tertiary/aromatic N) is 2. The molecule has 2 aromatic heterocycles. The van der Waals surface area contributed by atoms with Crippen LogP contribution in [0.3, 0.4) is 0 Å². The standard InChI is InChI=1S/C37H42FN3O6/c1-22-25-15-12-18-45-33(25)28(38)19-26(22)32-27-20-29(39-17-11-16-30(42)46-21-24-13-9-8-10-14-24)41(6)35(27)40-23(2)31(32)34(36(43)44-7)47-37(3,4)5/h8-11,13-14,16,19-20,34,39H,12,15,17-18,21H2,1-7H3. The Morgan fingerprint density at radius 2 is 1.91 bits per heavy atom. The Morgan fingerprint density at radius 3 is 2.62 bits per heavy atom. The number of halogens is 1. The number of rotatable bonds is 10. The van der Waals surface area contributed by atoms with Crippen molar-refractivity contribution in [3.8, 4) is 16.9 Å². The molecule has 1 aliphatic rings. The molecule has 10 heteroatoms. The summed E-state index contributed by atoms with van der Waals surface area (Å²) in [5.74, 6) is -0.500. The van der Waals surface area contributed by atoms with Crippen LogP contribution in [0.2, 0.25) is 0 Å². The Hall–Kier alpha value is -4.70. The molecule has 9 nitrogen and oxygen atoms in total. The lowest BCUT2D eigenvalue weighted by Crippen LogP contribution is -2.29. The van der Waals surface area contributed by atoms with Gasteiger partial charge in [-0.05, 0) is 76.3 Å². The Bertz CT molecular complexity index is 1820. The van der Waals surface area contributed by atoms with E-state index in [0.717, 1.165) is 23.1 Å². The van der Waals surface area contributed by atoms with Gasteiger partial charge in [0.1, 0.15) is 18.1 Å². The average Bonchev–Trinajstić information content (AvgIpc) is 3.36. The topological polar surface area (TPSA) is 101 Å². The number of ether oxygens (including phenoxy) is 4. The van der Waals surface area contributed by atoms with Gasteiger partial charge in [0.2, 0.25) is 0 Å². The molecule has 3 heterocycles. The minimum absolute atomic E-state index is 0.192. The zero-order chi connectivity index (χ0) is 33.9. The zero-order valence-corrected chi connectivity index (χ0v) is 28.0. The fourth-order valence-electron chi connectivity index (χ4n) is 5.94. The Balaban J connectivity index is 1.57. The number of esters is 2. The molecule has 1 unspecified atom stereocenters. The second-order valence-corrected chi connectivity index (χ2v) is 12.6. The van der Waals surface area contributed by atoms with Crippen molar-refractivity contribution >= 4 is 28.8 Å². The van der Waals surface area contributed by atoms with Crippen molar-refractivity contribution in [2.75, 3.05) is 25.6 Å². The normalized spacial score (nSPS) is 13.7. The molecule has 1 atom stereocenters. The van der Waals surface area contributed by atoms with E-state index in [0.29, 0.717) is 58.8 Å². The van der Waals surface area contributed by atoms with Crippen LogP contribution in [0.25, 0.3) is 22.2 Å². The van der Waals surface area contributed by atoms with Crippen LogP contribution in [0, 0.1) is 19.7 Å². The number of fused-ring (bicyclic) bond motifs is 2. The van der Waals surface area contributed by atoms with Crippen LogP contribution < -0.4 is 10.1 Å². The molecular weight excluding hydrogens is 601 g/mol. The molecule has 2 aromatic carbocycles. The van der Waals surface area contributed by atoms with E-state index < -0.39 is 29.5 Å². The van der Waals surface area contributed by atoms with Gasteiger partial charge in [-0.1, -0.05) is 36.4 Å². The van der Waals surface area contributed by atoms with Crippen LogP contribution in [-0.2, 0) is 43.9 Å². The Kier molecular flexibility index (Phi) is 10.0. The maximum atomic E-state index is 15.7. The van der Waals surface area contributed by atoms with Gasteiger partial charge in [0.05, 0.1) is 19.3 Å². The molecule has 47 heavy (non-hydrogen) atoms. The third kappa shape index (κ3) is 7.33. The number of carbonyl (C=O) groups is 2. The number of benzene rings is 2. The summed E-state index contributed by atoms with van der Waals surface area (Å²) < 4.78 is 40.2. The van der Waals surface area contributed by atoms with E-state index in [9.17, 15) is 9.59 Å². The van der Waals surface area contributed by atoms with Crippen molar-refractivity contribution in [2.45, 2.75) is 65.8 Å². The highest BCUT2D eigenvalue weighted by molar-refractivity contribution is 6.01. The van der Waals surface area contributed by atoms with Crippen molar-refractivity contribution in [3.63, 3.8) is 0 Å². The lowest BCUT2D eigenvalue weighted by Gasteiger charge is -2.29. The highest BCUT2D eigenvalue weighted by Gasteiger charge is 2.35. The van der Waals surface area contributed by atoms with Crippen LogP contribution >= 0.6 is 0 Å². The Morgan fingerprint density at radius 1 is 1.17 bits per heavy atom. The fraction of sp³-hybridized carbons (Fsp3) is 0.378. The zero-order valence-electron chi connectivity index (χ0n) is 28.0. The first kappa shape index (κ1) is 33.7. The summed E-state index contributed by atoms with van der Waals surface area (Å²) in [5.41, 5.74) is 4.83. The molecule has 0 spiro atoms. The Labute approximate surface area is 274 Å². The number of aryl methyl sites for hydroxylation is 2. The largest absolute Gasteiger partial charge is 0.490 e. The quantitative estimate of drug-likeness (QED) is 0.145. The van der Waals surface area contributed by atoms with Crippen LogP contribution in [0.5, 0.6) is 5.75 Å². The maximum Gasteiger partial charge on any atom is 0.339 e. The monoisotopic (exact) mass is 643 g/mol. The molecule has 4 aromatic rings. The second kappa shape index (κ2) is 14.0. The molecule has 0 radical (unpaired) electrons. The summed E-state index contributed by atoms with van der Waals surface area (Å²) in [6.45, 7) is 10.3. The number of carbonyl (C=O) groups excluding carboxylic acids is 2. The number of nitrogens with one attached hydrogen (secondary N) is 1. The third-order valence-corrected chi connectivity index (χ3v) is 8.14. The van der Waals surface area contributed by atoms with Gasteiger partial charge in [-0.15, -0.1) is 0 Å². The molecule has 0 saturated carbocycles. The van der Waals surface area contributed by atoms with Crippen molar-refractivity contribution in [1.29, 1.82) is 0 Å². The number of pyridine rings is 1. The molecule has 0 saturated heterocycles. The van der Waals surface area contributed by atoms with E-state index in [1.807, 2.05) is 82.6 Å². The van der Waals surface area contributed by atoms with Crippen LogP contribution in [0.4, 0.5) is 10.2 Å². The SMILES string of the molecule is COC(=O)C(OC(C)(C)C)c1c(C)nc2c(cc(NCC=CC(=O)OCc3ccccc3)n2C)c1-c1cc(F)c2c(c1C)CCCO2. The maximum absolute atomic E-state index is 15.7. The highest BCUT2D eigenvalue weighted by atomic mass is 19.1. The summed E-state index contributed by atoms with van der Waals surface area (Å²) >= 11 is 0. The van der Waals surface area contributed by atoms with Crippen molar-refractivity contribution in [3.05, 3.63) is 88.4 Å².